The van der Waals surface area contributed by atoms with Gasteiger partial charge in [0.05, 0.1) is 22.6 Å². The normalized spacial score (nSPS) is 21.2. The topological polar surface area (TPSA) is 93.2 Å². The smallest absolute Gasteiger partial charge is 0.399 e. The molecule has 8 nitrogen and oxygen atoms in total. The van der Waals surface area contributed by atoms with E-state index in [-0.39, 0.29) is 29.8 Å². The van der Waals surface area contributed by atoms with Gasteiger partial charge < -0.3 is 19.1 Å². The summed E-state index contributed by atoms with van der Waals surface area (Å²) in [5.74, 6) is -0.905. The second-order valence-electron chi connectivity index (χ2n) is 10.5. The van der Waals surface area contributed by atoms with Crippen LogP contribution in [0.1, 0.15) is 48.5 Å². The minimum atomic E-state index is -3.72. The summed E-state index contributed by atoms with van der Waals surface area (Å²) in [5.41, 5.74) is -0.834. The van der Waals surface area contributed by atoms with Crippen LogP contribution in [-0.4, -0.2) is 73.9 Å². The Hall–Kier alpha value is -1.91. The highest BCUT2D eigenvalue weighted by atomic mass is 32.2. The second-order valence-corrected chi connectivity index (χ2v) is 12.5. The number of rotatable bonds is 4. The van der Waals surface area contributed by atoms with Gasteiger partial charge in [-0.15, -0.1) is 0 Å². The van der Waals surface area contributed by atoms with E-state index in [2.05, 4.69) is 0 Å². The maximum Gasteiger partial charge on any atom is 0.494 e. The lowest BCUT2D eigenvalue weighted by Crippen LogP contribution is -2.55. The summed E-state index contributed by atoms with van der Waals surface area (Å²) in [7, 11) is -4.30. The summed E-state index contributed by atoms with van der Waals surface area (Å²) in [6.45, 7) is 13.6. The third-order valence-electron chi connectivity index (χ3n) is 6.34. The highest BCUT2D eigenvalue weighted by Gasteiger charge is 2.51. The van der Waals surface area contributed by atoms with Crippen molar-refractivity contribution in [2.24, 2.45) is 5.41 Å². The highest BCUT2D eigenvalue weighted by Crippen LogP contribution is 2.36. The number of hydrogen-bond acceptors (Lipinski definition) is 6. The van der Waals surface area contributed by atoms with E-state index >= 15 is 0 Å². The summed E-state index contributed by atoms with van der Waals surface area (Å²) in [5, 5.41) is 0. The van der Waals surface area contributed by atoms with Crippen molar-refractivity contribution in [3.63, 3.8) is 0 Å². The Morgan fingerprint density at radius 2 is 1.56 bits per heavy atom. The fourth-order valence-corrected chi connectivity index (χ4v) is 4.97. The van der Waals surface area contributed by atoms with Gasteiger partial charge in [0.25, 0.3) is 0 Å². The molecular formula is C22H33BN2O6S. The maximum atomic E-state index is 12.9. The largest absolute Gasteiger partial charge is 0.494 e. The molecule has 2 saturated heterocycles. The van der Waals surface area contributed by atoms with Crippen molar-refractivity contribution in [2.45, 2.75) is 64.6 Å². The molecule has 2 aliphatic heterocycles. The molecule has 1 aromatic rings. The van der Waals surface area contributed by atoms with Crippen molar-refractivity contribution in [3.05, 3.63) is 24.3 Å². The Labute approximate surface area is 191 Å². The lowest BCUT2D eigenvalue weighted by Gasteiger charge is -2.36. The lowest BCUT2D eigenvalue weighted by molar-refractivity contribution is -0.149. The van der Waals surface area contributed by atoms with Gasteiger partial charge in [-0.25, -0.2) is 8.42 Å². The van der Waals surface area contributed by atoms with Gasteiger partial charge in [0.15, 0.2) is 9.84 Å². The molecule has 32 heavy (non-hydrogen) atoms. The summed E-state index contributed by atoms with van der Waals surface area (Å²) in [6, 6.07) is 6.38. The van der Waals surface area contributed by atoms with Crippen LogP contribution < -0.4 is 5.46 Å². The molecule has 2 aliphatic rings. The van der Waals surface area contributed by atoms with Crippen molar-refractivity contribution in [2.75, 3.05) is 25.5 Å². The highest BCUT2D eigenvalue weighted by molar-refractivity contribution is 7.91. The van der Waals surface area contributed by atoms with Gasteiger partial charge in [0.2, 0.25) is 11.8 Å². The van der Waals surface area contributed by atoms with Gasteiger partial charge in [0, 0.05) is 18.5 Å². The van der Waals surface area contributed by atoms with Crippen LogP contribution >= 0.6 is 0 Å². The molecule has 2 amide bonds. The Morgan fingerprint density at radius 3 is 2.03 bits per heavy atom. The fraction of sp³-hybridized carbons (Fsp3) is 0.636. The van der Waals surface area contributed by atoms with Crippen molar-refractivity contribution < 1.29 is 27.3 Å². The zero-order chi connectivity index (χ0) is 24.1. The summed E-state index contributed by atoms with van der Waals surface area (Å²) in [4.78, 5) is 27.9. The van der Waals surface area contributed by atoms with Crippen LogP contribution in [0.25, 0.3) is 0 Å². The van der Waals surface area contributed by atoms with Crippen molar-refractivity contribution >= 4 is 34.2 Å². The van der Waals surface area contributed by atoms with Gasteiger partial charge in [-0.05, 0) is 45.3 Å². The first-order valence-electron chi connectivity index (χ1n) is 10.8. The fourth-order valence-electron chi connectivity index (χ4n) is 3.58. The van der Waals surface area contributed by atoms with Crippen LogP contribution in [0.2, 0.25) is 0 Å². The minimum absolute atomic E-state index is 0.105. The van der Waals surface area contributed by atoms with E-state index in [0.717, 1.165) is 5.46 Å². The average molecular weight is 464 g/mol. The average Bonchev–Trinajstić information content (AvgIpc) is 2.89. The van der Waals surface area contributed by atoms with Crippen LogP contribution in [0.4, 0.5) is 0 Å². The summed E-state index contributed by atoms with van der Waals surface area (Å²) >= 11 is 0. The SMILES string of the molecule is CC(C)(C)C(=O)N1CCN(CS(=O)(=O)c2ccc(B3OC(C)(C)C(C)(C)O3)cc2)C(=O)C1. The van der Waals surface area contributed by atoms with Crippen LogP contribution in [0, 0.1) is 5.41 Å². The molecular weight excluding hydrogens is 431 g/mol. The number of piperazine rings is 1. The summed E-state index contributed by atoms with van der Waals surface area (Å²) in [6.07, 6.45) is 0. The molecule has 0 bridgehead atoms. The van der Waals surface area contributed by atoms with E-state index < -0.39 is 39.4 Å². The first-order chi connectivity index (χ1) is 14.5. The molecule has 0 aromatic heterocycles. The Morgan fingerprint density at radius 1 is 1.03 bits per heavy atom. The lowest BCUT2D eigenvalue weighted by atomic mass is 9.79. The molecule has 0 N–H and O–H groups in total. The molecule has 0 atom stereocenters. The zero-order valence-corrected chi connectivity index (χ0v) is 20.8. The van der Waals surface area contributed by atoms with E-state index in [0.29, 0.717) is 6.54 Å². The number of hydrogen-bond donors (Lipinski definition) is 0. The monoisotopic (exact) mass is 464 g/mol. The van der Waals surface area contributed by atoms with Crippen molar-refractivity contribution in [3.8, 4) is 0 Å². The number of carbonyl (C=O) groups is 2. The van der Waals surface area contributed by atoms with Crippen molar-refractivity contribution in [1.82, 2.24) is 9.80 Å². The van der Waals surface area contributed by atoms with Gasteiger partial charge in [0.1, 0.15) is 5.88 Å². The van der Waals surface area contributed by atoms with Crippen LogP contribution in [0.15, 0.2) is 29.2 Å². The number of sulfone groups is 1. The molecule has 0 aliphatic carbocycles. The number of benzene rings is 1. The molecule has 3 rings (SSSR count). The third kappa shape index (κ3) is 4.87. The maximum absolute atomic E-state index is 12.9. The first kappa shape index (κ1) is 24.7. The van der Waals surface area contributed by atoms with Crippen LogP contribution in [-0.2, 0) is 28.7 Å². The first-order valence-corrected chi connectivity index (χ1v) is 12.4. The van der Waals surface area contributed by atoms with Gasteiger partial charge >= 0.3 is 7.12 Å². The Kier molecular flexibility index (Phi) is 6.30. The predicted octanol–water partition coefficient (Wildman–Crippen LogP) is 1.43. The van der Waals surface area contributed by atoms with Crippen molar-refractivity contribution in [1.29, 1.82) is 0 Å². The molecule has 0 spiro atoms. The molecule has 10 heteroatoms. The molecule has 0 unspecified atom stereocenters. The van der Waals surface area contributed by atoms with Crippen LogP contribution in [0.3, 0.4) is 0 Å². The van der Waals surface area contributed by atoms with E-state index in [4.69, 9.17) is 9.31 Å². The Balaban J connectivity index is 1.67. The number of carbonyl (C=O) groups excluding carboxylic acids is 2. The quantitative estimate of drug-likeness (QED) is 0.626. The number of amides is 2. The second kappa shape index (κ2) is 8.15. The van der Waals surface area contributed by atoms with Crippen LogP contribution in [0.5, 0.6) is 0 Å². The Bertz CT molecular complexity index is 982. The predicted molar refractivity (Wildman–Crippen MR) is 122 cm³/mol. The number of nitrogens with zero attached hydrogens (tertiary/aromatic N) is 2. The molecule has 2 heterocycles. The van der Waals surface area contributed by atoms with E-state index in [1.807, 2.05) is 27.7 Å². The summed E-state index contributed by atoms with van der Waals surface area (Å²) < 4.78 is 37.9. The van der Waals surface area contributed by atoms with Gasteiger partial charge in [-0.1, -0.05) is 32.9 Å². The third-order valence-corrected chi connectivity index (χ3v) is 7.98. The molecule has 176 valence electrons. The van der Waals surface area contributed by atoms with E-state index in [9.17, 15) is 18.0 Å². The standard InChI is InChI=1S/C22H33BN2O6S/c1-20(2,3)19(27)24-12-13-25(18(26)14-24)15-32(28,29)17-10-8-16(9-11-17)23-30-21(4,5)22(6,7)31-23/h8-11H,12-15H2,1-7H3. The van der Waals surface area contributed by atoms with E-state index in [1.54, 1.807) is 32.9 Å². The minimum Gasteiger partial charge on any atom is -0.399 e. The van der Waals surface area contributed by atoms with Gasteiger partial charge in [-0.2, -0.15) is 0 Å². The molecule has 2 fully saturated rings. The van der Waals surface area contributed by atoms with E-state index in [1.165, 1.54) is 21.9 Å². The molecule has 1 aromatic carbocycles. The molecule has 0 saturated carbocycles. The molecule has 0 radical (unpaired) electrons. The zero-order valence-electron chi connectivity index (χ0n) is 20.0. The van der Waals surface area contributed by atoms with Gasteiger partial charge in [-0.3, -0.25) is 9.59 Å².